The highest BCUT2D eigenvalue weighted by Gasteiger charge is 2.61. The van der Waals surface area contributed by atoms with Crippen molar-refractivity contribution in [1.82, 2.24) is 0 Å². The maximum Gasteiger partial charge on any atom is 0.266 e. The van der Waals surface area contributed by atoms with Crippen molar-refractivity contribution in [3.05, 3.63) is 77.7 Å². The molecule has 1 aromatic heterocycles. The van der Waals surface area contributed by atoms with E-state index in [0.717, 1.165) is 0 Å². The fourth-order valence-electron chi connectivity index (χ4n) is 3.96. The van der Waals surface area contributed by atoms with Crippen LogP contribution in [0.5, 0.6) is 5.75 Å². The first-order chi connectivity index (χ1) is 14.6. The summed E-state index contributed by atoms with van der Waals surface area (Å²) >= 11 is 6.00. The molecule has 0 unspecified atom stereocenters. The lowest BCUT2D eigenvalue weighted by molar-refractivity contribution is -0.126. The maximum atomic E-state index is 13.4. The van der Waals surface area contributed by atoms with E-state index in [4.69, 9.17) is 25.6 Å². The lowest BCUT2D eigenvalue weighted by atomic mass is 9.94. The Hall–Kier alpha value is -3.29. The van der Waals surface area contributed by atoms with Gasteiger partial charge in [0, 0.05) is 5.02 Å². The van der Waals surface area contributed by atoms with E-state index in [9.17, 15) is 9.59 Å². The summed E-state index contributed by atoms with van der Waals surface area (Å²) in [6.07, 6.45) is 0.580. The fraction of sp³-hybridized carbons (Fsp3) is 0.182. The summed E-state index contributed by atoms with van der Waals surface area (Å²) in [5.74, 6) is -0.329. The number of anilines is 2. The van der Waals surface area contributed by atoms with Gasteiger partial charge in [-0.2, -0.15) is 0 Å². The average Bonchev–Trinajstić information content (AvgIpc) is 3.47. The molecule has 3 aromatic rings. The first-order valence-corrected chi connectivity index (χ1v) is 9.73. The van der Waals surface area contributed by atoms with E-state index < -0.39 is 24.0 Å². The van der Waals surface area contributed by atoms with Crippen molar-refractivity contribution in [3.63, 3.8) is 0 Å². The van der Waals surface area contributed by atoms with Crippen LogP contribution in [0.15, 0.2) is 71.3 Å². The summed E-state index contributed by atoms with van der Waals surface area (Å²) in [5.41, 5.74) is 1.15. The number of hydroxylamine groups is 1. The molecule has 2 aromatic carbocycles. The number of rotatable bonds is 4. The largest absolute Gasteiger partial charge is 0.497 e. The smallest absolute Gasteiger partial charge is 0.266 e. The second-order valence-corrected chi connectivity index (χ2v) is 7.46. The molecule has 0 N–H and O–H groups in total. The molecule has 0 bridgehead atoms. The van der Waals surface area contributed by atoms with Gasteiger partial charge in [0.25, 0.3) is 5.91 Å². The van der Waals surface area contributed by atoms with Crippen molar-refractivity contribution in [2.24, 2.45) is 5.92 Å². The van der Waals surface area contributed by atoms with Crippen molar-refractivity contribution in [1.29, 1.82) is 0 Å². The van der Waals surface area contributed by atoms with Gasteiger partial charge in [-0.25, -0.2) is 9.96 Å². The number of halogens is 1. The zero-order chi connectivity index (χ0) is 20.8. The molecule has 2 aliphatic rings. The number of fused-ring (bicyclic) bond motifs is 1. The van der Waals surface area contributed by atoms with E-state index in [1.54, 1.807) is 72.8 Å². The van der Waals surface area contributed by atoms with Gasteiger partial charge < -0.3 is 9.15 Å². The van der Waals surface area contributed by atoms with Gasteiger partial charge in [0.15, 0.2) is 6.10 Å². The summed E-state index contributed by atoms with van der Waals surface area (Å²) in [6.45, 7) is 0. The quantitative estimate of drug-likeness (QED) is 0.590. The minimum absolute atomic E-state index is 0.340. The molecule has 30 heavy (non-hydrogen) atoms. The second kappa shape index (κ2) is 7.19. The Morgan fingerprint density at radius 2 is 1.63 bits per heavy atom. The molecule has 0 aliphatic carbocycles. The van der Waals surface area contributed by atoms with Crippen LogP contribution in [0.25, 0.3) is 0 Å². The normalized spacial score (nSPS) is 23.2. The number of amides is 2. The summed E-state index contributed by atoms with van der Waals surface area (Å²) in [5, 5.41) is 2.14. The van der Waals surface area contributed by atoms with Crippen LogP contribution in [0, 0.1) is 5.92 Å². The SMILES string of the molecule is COc1ccc(N2C(=O)[C@@H]3[C@H](ON(c4ccc(Cl)cc4)[C@H]3c3ccco3)C2=O)cc1. The van der Waals surface area contributed by atoms with Crippen LogP contribution in [0.2, 0.25) is 5.02 Å². The number of carbonyl (C=O) groups excluding carboxylic acids is 2. The monoisotopic (exact) mass is 424 g/mol. The predicted molar refractivity (Wildman–Crippen MR) is 109 cm³/mol. The summed E-state index contributed by atoms with van der Waals surface area (Å²) < 4.78 is 10.8. The van der Waals surface area contributed by atoms with Crippen LogP contribution in [-0.4, -0.2) is 25.0 Å². The number of ether oxygens (including phenoxy) is 1. The van der Waals surface area contributed by atoms with Crippen molar-refractivity contribution in [2.45, 2.75) is 12.1 Å². The third kappa shape index (κ3) is 2.86. The van der Waals surface area contributed by atoms with Gasteiger partial charge >= 0.3 is 0 Å². The van der Waals surface area contributed by atoms with E-state index >= 15 is 0 Å². The molecule has 0 radical (unpaired) electrons. The Morgan fingerprint density at radius 3 is 2.27 bits per heavy atom. The highest BCUT2D eigenvalue weighted by Crippen LogP contribution is 2.47. The molecule has 2 fully saturated rings. The van der Waals surface area contributed by atoms with Gasteiger partial charge in [0.05, 0.1) is 24.7 Å². The molecule has 2 saturated heterocycles. The van der Waals surface area contributed by atoms with Gasteiger partial charge in [-0.3, -0.25) is 14.4 Å². The van der Waals surface area contributed by atoms with Crippen molar-refractivity contribution >= 4 is 34.8 Å². The van der Waals surface area contributed by atoms with E-state index in [0.29, 0.717) is 27.9 Å². The van der Waals surface area contributed by atoms with Crippen molar-refractivity contribution in [2.75, 3.05) is 17.1 Å². The highest BCUT2D eigenvalue weighted by atomic mass is 35.5. The van der Waals surface area contributed by atoms with Crippen molar-refractivity contribution < 1.29 is 23.6 Å². The molecule has 2 aliphatic heterocycles. The van der Waals surface area contributed by atoms with E-state index in [1.165, 1.54) is 11.2 Å². The Morgan fingerprint density at radius 1 is 0.933 bits per heavy atom. The van der Waals surface area contributed by atoms with Crippen molar-refractivity contribution in [3.8, 4) is 5.75 Å². The third-order valence-electron chi connectivity index (χ3n) is 5.36. The Balaban J connectivity index is 1.53. The standard InChI is InChI=1S/C22H17ClN2O5/c1-28-16-10-8-14(9-11-16)24-21(26)18-19(17-3-2-12-29-17)25(30-20(18)22(24)27)15-6-4-13(23)5-7-15/h2-12,18-20H,1H3/t18-,19-,20-/m0/s1. The maximum absolute atomic E-state index is 13.4. The number of carbonyl (C=O) groups is 2. The van der Waals surface area contributed by atoms with Gasteiger partial charge in [-0.05, 0) is 60.7 Å². The third-order valence-corrected chi connectivity index (χ3v) is 5.61. The predicted octanol–water partition coefficient (Wildman–Crippen LogP) is 3.99. The molecule has 5 rings (SSSR count). The Kier molecular flexibility index (Phi) is 4.49. The van der Waals surface area contributed by atoms with Gasteiger partial charge in [0.2, 0.25) is 5.91 Å². The summed E-state index contributed by atoms with van der Waals surface area (Å²) in [6, 6.07) is 16.7. The summed E-state index contributed by atoms with van der Waals surface area (Å²) in [4.78, 5) is 33.8. The lowest BCUT2D eigenvalue weighted by Gasteiger charge is -2.27. The molecule has 3 atom stereocenters. The molecule has 3 heterocycles. The van der Waals surface area contributed by atoms with Crippen LogP contribution >= 0.6 is 11.6 Å². The molecule has 8 heteroatoms. The van der Waals surface area contributed by atoms with Gasteiger partial charge in [-0.15, -0.1) is 0 Å². The molecular formula is C22H17ClN2O5. The molecule has 0 spiro atoms. The molecule has 152 valence electrons. The number of nitrogens with zero attached hydrogens (tertiary/aromatic N) is 2. The second-order valence-electron chi connectivity index (χ2n) is 7.02. The zero-order valence-electron chi connectivity index (χ0n) is 15.9. The highest BCUT2D eigenvalue weighted by molar-refractivity contribution is 6.30. The minimum Gasteiger partial charge on any atom is -0.497 e. The lowest BCUT2D eigenvalue weighted by Crippen LogP contribution is -2.37. The number of furan rings is 1. The van der Waals surface area contributed by atoms with Crippen LogP contribution in [-0.2, 0) is 14.4 Å². The zero-order valence-corrected chi connectivity index (χ0v) is 16.7. The van der Waals surface area contributed by atoms with Crippen LogP contribution < -0.4 is 14.7 Å². The molecule has 7 nitrogen and oxygen atoms in total. The number of hydrogen-bond acceptors (Lipinski definition) is 6. The topological polar surface area (TPSA) is 72.2 Å². The van der Waals surface area contributed by atoms with Gasteiger partial charge in [-0.1, -0.05) is 11.6 Å². The Bertz CT molecular complexity index is 1080. The number of methoxy groups -OCH3 is 1. The number of imide groups is 1. The molecular weight excluding hydrogens is 408 g/mol. The van der Waals surface area contributed by atoms with Crippen LogP contribution in [0.4, 0.5) is 11.4 Å². The first kappa shape index (κ1) is 18.7. The van der Waals surface area contributed by atoms with Gasteiger partial charge in [0.1, 0.15) is 23.5 Å². The molecule has 2 amide bonds. The van der Waals surface area contributed by atoms with E-state index in [2.05, 4.69) is 0 Å². The van der Waals surface area contributed by atoms with Crippen LogP contribution in [0.1, 0.15) is 11.8 Å². The fourth-order valence-corrected chi connectivity index (χ4v) is 4.09. The average molecular weight is 425 g/mol. The summed E-state index contributed by atoms with van der Waals surface area (Å²) in [7, 11) is 1.55. The Labute approximate surface area is 177 Å². The van der Waals surface area contributed by atoms with Crippen LogP contribution in [0.3, 0.4) is 0 Å². The number of benzene rings is 2. The molecule has 0 saturated carbocycles. The van der Waals surface area contributed by atoms with E-state index in [-0.39, 0.29) is 5.91 Å². The van der Waals surface area contributed by atoms with E-state index in [1.807, 2.05) is 0 Å². The first-order valence-electron chi connectivity index (χ1n) is 9.35. The minimum atomic E-state index is -0.953. The number of hydrogen-bond donors (Lipinski definition) is 0.